The molecule has 0 amide bonds. The van der Waals surface area contributed by atoms with E-state index in [1.165, 1.54) is 37.7 Å². The molecule has 0 heterocycles. The topological polar surface area (TPSA) is 52.6 Å². The highest BCUT2D eigenvalue weighted by Crippen LogP contribution is 2.77. The van der Waals surface area contributed by atoms with Gasteiger partial charge in [-0.25, -0.2) is 9.59 Å². The molecule has 5 aliphatic rings. The Labute approximate surface area is 313 Å². The van der Waals surface area contributed by atoms with Gasteiger partial charge in [-0.2, -0.15) is 0 Å². The van der Waals surface area contributed by atoms with E-state index in [1.807, 2.05) is 72.8 Å². The highest BCUT2D eigenvalue weighted by Gasteiger charge is 2.71. The van der Waals surface area contributed by atoms with E-state index in [4.69, 9.17) is 9.47 Å². The molecule has 2 aromatic rings. The second-order valence-electron chi connectivity index (χ2n) is 18.9. The third-order valence-electron chi connectivity index (χ3n) is 16.4. The van der Waals surface area contributed by atoms with Crippen molar-refractivity contribution in [2.45, 2.75) is 112 Å². The molecule has 0 unspecified atom stereocenters. The summed E-state index contributed by atoms with van der Waals surface area (Å²) in [6, 6.07) is 19.9. The van der Waals surface area contributed by atoms with Crippen LogP contribution in [0.1, 0.15) is 117 Å². The lowest BCUT2D eigenvalue weighted by Crippen LogP contribution is -2.67. The molecule has 5 saturated carbocycles. The number of rotatable bonds is 8. The summed E-state index contributed by atoms with van der Waals surface area (Å²) in [5.41, 5.74) is 3.89. The van der Waals surface area contributed by atoms with E-state index in [-0.39, 0.29) is 45.1 Å². The number of benzene rings is 2. The molecular formula is C48H62O4. The van der Waals surface area contributed by atoms with Gasteiger partial charge in [0.15, 0.2) is 0 Å². The Bertz CT molecular complexity index is 1710. The number of hydrogen-bond donors (Lipinski definition) is 0. The molecule has 5 fully saturated rings. The quantitative estimate of drug-likeness (QED) is 0.156. The lowest BCUT2D eigenvalue weighted by Gasteiger charge is -2.73. The third-order valence-corrected chi connectivity index (χ3v) is 16.4. The highest BCUT2D eigenvalue weighted by molar-refractivity contribution is 5.87. The van der Waals surface area contributed by atoms with Crippen LogP contribution in [0.4, 0.5) is 0 Å². The first-order chi connectivity index (χ1) is 24.7. The zero-order chi connectivity index (χ0) is 36.9. The van der Waals surface area contributed by atoms with E-state index in [1.54, 1.807) is 12.2 Å². The van der Waals surface area contributed by atoms with Gasteiger partial charge in [0.25, 0.3) is 0 Å². The molecular weight excluding hydrogens is 641 g/mol. The van der Waals surface area contributed by atoms with E-state index in [0.29, 0.717) is 36.2 Å². The fourth-order valence-corrected chi connectivity index (χ4v) is 13.6. The van der Waals surface area contributed by atoms with Crippen LogP contribution in [-0.2, 0) is 19.1 Å². The normalized spacial score (nSPS) is 39.2. The largest absolute Gasteiger partial charge is 0.462 e. The maximum Gasteiger partial charge on any atom is 0.331 e. The fourth-order valence-electron chi connectivity index (χ4n) is 13.6. The molecule has 0 saturated heterocycles. The molecule has 10 atom stereocenters. The van der Waals surface area contributed by atoms with Crippen molar-refractivity contribution in [3.8, 4) is 0 Å². The van der Waals surface area contributed by atoms with Gasteiger partial charge in [0.05, 0.1) is 6.61 Å². The number of ether oxygens (including phenoxy) is 2. The number of carbonyl (C=O) groups is 2. The van der Waals surface area contributed by atoms with Crippen LogP contribution in [-0.4, -0.2) is 24.6 Å². The molecule has 0 aromatic heterocycles. The van der Waals surface area contributed by atoms with Gasteiger partial charge in [-0.15, -0.1) is 0 Å². The number of allylic oxidation sites excluding steroid dienone is 1. The Morgan fingerprint density at radius 3 is 1.98 bits per heavy atom. The van der Waals surface area contributed by atoms with Gasteiger partial charge in [-0.05, 0) is 140 Å². The summed E-state index contributed by atoms with van der Waals surface area (Å²) in [6.07, 6.45) is 18.3. The van der Waals surface area contributed by atoms with E-state index in [0.717, 1.165) is 43.2 Å². The first-order valence-electron chi connectivity index (χ1n) is 20.2. The Morgan fingerprint density at radius 1 is 0.712 bits per heavy atom. The molecule has 0 radical (unpaired) electrons. The van der Waals surface area contributed by atoms with Crippen molar-refractivity contribution in [3.63, 3.8) is 0 Å². The molecule has 0 bridgehead atoms. The van der Waals surface area contributed by atoms with Gasteiger partial charge >= 0.3 is 11.9 Å². The number of fused-ring (bicyclic) bond motifs is 7. The lowest BCUT2D eigenvalue weighted by atomic mass is 9.32. The first-order valence-corrected chi connectivity index (χ1v) is 20.2. The Morgan fingerprint density at radius 2 is 1.35 bits per heavy atom. The molecule has 4 nitrogen and oxygen atoms in total. The predicted molar refractivity (Wildman–Crippen MR) is 211 cm³/mol. The Hall–Kier alpha value is -3.40. The summed E-state index contributed by atoms with van der Waals surface area (Å²) < 4.78 is 12.5. The van der Waals surface area contributed by atoms with Crippen LogP contribution >= 0.6 is 0 Å². The minimum Gasteiger partial charge on any atom is -0.462 e. The van der Waals surface area contributed by atoms with E-state index in [9.17, 15) is 9.59 Å². The molecule has 5 aliphatic carbocycles. The molecule has 0 N–H and O–H groups in total. The van der Waals surface area contributed by atoms with Crippen molar-refractivity contribution in [1.29, 1.82) is 0 Å². The van der Waals surface area contributed by atoms with Crippen LogP contribution in [0, 0.1) is 56.7 Å². The molecule has 4 heteroatoms. The maximum atomic E-state index is 13.1. The minimum absolute atomic E-state index is 0.0211. The van der Waals surface area contributed by atoms with Crippen LogP contribution in [0.15, 0.2) is 85.0 Å². The Balaban J connectivity index is 1.09. The summed E-state index contributed by atoms with van der Waals surface area (Å²) >= 11 is 0. The lowest BCUT2D eigenvalue weighted by molar-refractivity contribution is -0.251. The predicted octanol–water partition coefficient (Wildman–Crippen LogP) is 11.5. The average Bonchev–Trinajstić information content (AvgIpc) is 3.52. The van der Waals surface area contributed by atoms with E-state index in [2.05, 4.69) is 48.1 Å². The summed E-state index contributed by atoms with van der Waals surface area (Å²) in [4.78, 5) is 26.2. The van der Waals surface area contributed by atoms with Gasteiger partial charge < -0.3 is 9.47 Å². The van der Waals surface area contributed by atoms with Crippen molar-refractivity contribution in [1.82, 2.24) is 0 Å². The number of hydrogen-bond acceptors (Lipinski definition) is 4. The van der Waals surface area contributed by atoms with Gasteiger partial charge in [0.1, 0.15) is 6.10 Å². The highest BCUT2D eigenvalue weighted by atomic mass is 16.5. The van der Waals surface area contributed by atoms with Crippen molar-refractivity contribution in [3.05, 3.63) is 96.1 Å². The van der Waals surface area contributed by atoms with Crippen LogP contribution in [0.3, 0.4) is 0 Å². The molecule has 2 aromatic carbocycles. The van der Waals surface area contributed by atoms with Crippen LogP contribution in [0.5, 0.6) is 0 Å². The number of carbonyl (C=O) groups excluding carboxylic acids is 2. The summed E-state index contributed by atoms with van der Waals surface area (Å²) in [5, 5.41) is 0. The molecule has 0 aliphatic heterocycles. The Kier molecular flexibility index (Phi) is 9.79. The summed E-state index contributed by atoms with van der Waals surface area (Å²) in [6.45, 7) is 20.0. The monoisotopic (exact) mass is 702 g/mol. The van der Waals surface area contributed by atoms with Crippen molar-refractivity contribution < 1.29 is 19.1 Å². The van der Waals surface area contributed by atoms with Crippen LogP contribution in [0.2, 0.25) is 0 Å². The molecule has 278 valence electrons. The molecule has 0 spiro atoms. The van der Waals surface area contributed by atoms with Gasteiger partial charge in [-0.1, -0.05) is 107 Å². The second-order valence-corrected chi connectivity index (χ2v) is 18.9. The van der Waals surface area contributed by atoms with Crippen molar-refractivity contribution in [2.75, 3.05) is 6.61 Å². The summed E-state index contributed by atoms with van der Waals surface area (Å²) in [5.74, 6) is 2.24. The molecule has 52 heavy (non-hydrogen) atoms. The third kappa shape index (κ3) is 6.14. The van der Waals surface area contributed by atoms with Gasteiger partial charge in [0.2, 0.25) is 0 Å². The van der Waals surface area contributed by atoms with Crippen molar-refractivity contribution >= 4 is 24.1 Å². The van der Waals surface area contributed by atoms with Crippen molar-refractivity contribution in [2.24, 2.45) is 56.7 Å². The number of esters is 2. The smallest absolute Gasteiger partial charge is 0.331 e. The van der Waals surface area contributed by atoms with Crippen LogP contribution < -0.4 is 0 Å². The molecule has 7 rings (SSSR count). The van der Waals surface area contributed by atoms with E-state index >= 15 is 0 Å². The second kappa shape index (κ2) is 13.8. The minimum atomic E-state index is -0.234. The van der Waals surface area contributed by atoms with Gasteiger partial charge in [-0.3, -0.25) is 0 Å². The van der Waals surface area contributed by atoms with E-state index < -0.39 is 0 Å². The van der Waals surface area contributed by atoms with Gasteiger partial charge in [0, 0.05) is 23.0 Å². The standard InChI is InChI=1S/C48H62O4/c1-33(2)36-24-29-48(32-51-41(49)22-18-34-14-10-8-11-15-34)31-30-46(6)37(43(36)48)20-21-39-45(5)27-26-40(44(3,4)38(45)25-28-47(39,46)7)52-42(50)23-19-35-16-12-9-13-17-35/h8-19,22-23,36-40,43H,1,20-21,24-32H2,2-7H3/t36-,37-,38-,39-,40+,43-,45+,46+,47-,48-/m1/s1. The zero-order valence-corrected chi connectivity index (χ0v) is 32.7. The average molecular weight is 703 g/mol. The SMILES string of the molecule is C=C(C)[C@H]1CC[C@]2(COC(=O)C=Cc3ccccc3)CC[C@@]3(C)[C@H](CC[C@@H]4[C@@]5(C)CC[C@H](OC(=O)C=Cc6ccccc6)C(C)(C)[C@H]5CC[C@]43C)[C@@H]12. The maximum absolute atomic E-state index is 13.1. The fraction of sp³-hybridized carbons (Fsp3) is 0.583. The summed E-state index contributed by atoms with van der Waals surface area (Å²) in [7, 11) is 0. The van der Waals surface area contributed by atoms with Crippen LogP contribution in [0.25, 0.3) is 12.2 Å². The zero-order valence-electron chi connectivity index (χ0n) is 32.7. The first kappa shape index (κ1) is 36.9.